The lowest BCUT2D eigenvalue weighted by Gasteiger charge is -2.19. The molecule has 0 bridgehead atoms. The molecular weight excluding hydrogens is 210 g/mol. The van der Waals surface area contributed by atoms with Crippen molar-refractivity contribution in [2.45, 2.75) is 46.5 Å². The Kier molecular flexibility index (Phi) is 9.31. The molecule has 0 aliphatic carbocycles. The van der Waals surface area contributed by atoms with Crippen molar-refractivity contribution in [2.24, 2.45) is 0 Å². The Labute approximate surface area is 106 Å². The number of aromatic hydroxyl groups is 1. The maximum atomic E-state index is 9.17. The van der Waals surface area contributed by atoms with Crippen LogP contribution in [0, 0.1) is 0 Å². The standard InChI is InChI=1S/C13H21NO.C2H6/c1-3-4-5-6-11-14(2)12-7-9-13(15)10-8-12;1-2/h7-10,15H,3-6,11H2,1-2H3;1-2H3. The zero-order valence-corrected chi connectivity index (χ0v) is 11.7. The van der Waals surface area contributed by atoms with Crippen molar-refractivity contribution in [1.29, 1.82) is 0 Å². The number of hydrogen-bond donors (Lipinski definition) is 1. The SMILES string of the molecule is CC.CCCCCCN(C)c1ccc(O)cc1. The molecule has 98 valence electrons. The molecule has 1 aromatic rings. The van der Waals surface area contributed by atoms with E-state index in [0.29, 0.717) is 5.75 Å². The predicted octanol–water partition coefficient (Wildman–Crippen LogP) is 4.43. The van der Waals surface area contributed by atoms with Crippen LogP contribution in [0.2, 0.25) is 0 Å². The van der Waals surface area contributed by atoms with Crippen LogP contribution in [0.15, 0.2) is 24.3 Å². The maximum absolute atomic E-state index is 9.17. The normalized spacial score (nSPS) is 9.41. The molecule has 0 heterocycles. The highest BCUT2D eigenvalue weighted by Gasteiger charge is 1.99. The van der Waals surface area contributed by atoms with Crippen molar-refractivity contribution in [3.8, 4) is 5.75 Å². The summed E-state index contributed by atoms with van der Waals surface area (Å²) in [6.45, 7) is 7.31. The number of nitrogens with zero attached hydrogens (tertiary/aromatic N) is 1. The van der Waals surface area contributed by atoms with Gasteiger partial charge in [0.25, 0.3) is 0 Å². The fourth-order valence-corrected chi connectivity index (χ4v) is 1.61. The van der Waals surface area contributed by atoms with Gasteiger partial charge in [0, 0.05) is 19.3 Å². The number of phenols is 1. The summed E-state index contributed by atoms with van der Waals surface area (Å²) in [4.78, 5) is 2.23. The van der Waals surface area contributed by atoms with Crippen molar-refractivity contribution >= 4 is 5.69 Å². The number of hydrogen-bond acceptors (Lipinski definition) is 2. The molecular formula is C15H27NO. The molecule has 0 atom stereocenters. The number of anilines is 1. The van der Waals surface area contributed by atoms with Crippen LogP contribution in [-0.4, -0.2) is 18.7 Å². The van der Waals surface area contributed by atoms with E-state index < -0.39 is 0 Å². The smallest absolute Gasteiger partial charge is 0.115 e. The molecule has 1 N–H and O–H groups in total. The number of benzene rings is 1. The number of phenolic OH excluding ortho intramolecular Hbond substituents is 1. The molecule has 0 unspecified atom stereocenters. The molecule has 0 saturated carbocycles. The Morgan fingerprint density at radius 1 is 1.00 bits per heavy atom. The topological polar surface area (TPSA) is 23.5 Å². The minimum Gasteiger partial charge on any atom is -0.508 e. The molecule has 2 nitrogen and oxygen atoms in total. The monoisotopic (exact) mass is 237 g/mol. The molecule has 0 fully saturated rings. The van der Waals surface area contributed by atoms with E-state index in [9.17, 15) is 0 Å². The number of rotatable bonds is 6. The van der Waals surface area contributed by atoms with E-state index in [1.807, 2.05) is 26.0 Å². The first kappa shape index (κ1) is 15.8. The summed E-state index contributed by atoms with van der Waals surface area (Å²) >= 11 is 0. The Bertz CT molecular complexity index is 269. The summed E-state index contributed by atoms with van der Waals surface area (Å²) in [6, 6.07) is 7.38. The van der Waals surface area contributed by atoms with Gasteiger partial charge >= 0.3 is 0 Å². The lowest BCUT2D eigenvalue weighted by Crippen LogP contribution is -2.18. The fourth-order valence-electron chi connectivity index (χ4n) is 1.61. The second kappa shape index (κ2) is 10.0. The van der Waals surface area contributed by atoms with Crippen molar-refractivity contribution in [3.63, 3.8) is 0 Å². The van der Waals surface area contributed by atoms with Crippen molar-refractivity contribution in [1.82, 2.24) is 0 Å². The summed E-state index contributed by atoms with van der Waals surface area (Å²) in [5, 5.41) is 9.17. The van der Waals surface area contributed by atoms with Gasteiger partial charge in [0.1, 0.15) is 5.75 Å². The van der Waals surface area contributed by atoms with Crippen LogP contribution in [0.5, 0.6) is 5.75 Å². The van der Waals surface area contributed by atoms with Crippen LogP contribution < -0.4 is 4.90 Å². The molecule has 0 saturated heterocycles. The highest BCUT2D eigenvalue weighted by Crippen LogP contribution is 2.17. The Hall–Kier alpha value is -1.18. The van der Waals surface area contributed by atoms with Crippen molar-refractivity contribution in [3.05, 3.63) is 24.3 Å². The van der Waals surface area contributed by atoms with E-state index >= 15 is 0 Å². The summed E-state index contributed by atoms with van der Waals surface area (Å²) in [5.74, 6) is 0.332. The third-order valence-electron chi connectivity index (χ3n) is 2.64. The summed E-state index contributed by atoms with van der Waals surface area (Å²) < 4.78 is 0. The molecule has 2 heteroatoms. The van der Waals surface area contributed by atoms with E-state index in [2.05, 4.69) is 18.9 Å². The highest BCUT2D eigenvalue weighted by molar-refractivity contribution is 5.47. The minimum atomic E-state index is 0.332. The third-order valence-corrected chi connectivity index (χ3v) is 2.64. The van der Waals surface area contributed by atoms with E-state index in [4.69, 9.17) is 5.11 Å². The van der Waals surface area contributed by atoms with Gasteiger partial charge in [-0.25, -0.2) is 0 Å². The van der Waals surface area contributed by atoms with E-state index in [0.717, 1.165) is 6.54 Å². The summed E-state index contributed by atoms with van der Waals surface area (Å²) in [6.07, 6.45) is 5.15. The van der Waals surface area contributed by atoms with E-state index in [-0.39, 0.29) is 0 Å². The van der Waals surface area contributed by atoms with Crippen LogP contribution in [-0.2, 0) is 0 Å². The molecule has 0 amide bonds. The first-order valence-electron chi connectivity index (χ1n) is 6.74. The molecule has 0 spiro atoms. The molecule has 0 aromatic heterocycles. The quantitative estimate of drug-likeness (QED) is 0.740. The van der Waals surface area contributed by atoms with Crippen LogP contribution in [0.4, 0.5) is 5.69 Å². The van der Waals surface area contributed by atoms with E-state index in [1.54, 1.807) is 12.1 Å². The van der Waals surface area contributed by atoms with Crippen LogP contribution >= 0.6 is 0 Å². The molecule has 0 aliphatic rings. The van der Waals surface area contributed by atoms with Gasteiger partial charge in [-0.1, -0.05) is 40.0 Å². The van der Waals surface area contributed by atoms with Crippen LogP contribution in [0.1, 0.15) is 46.5 Å². The number of unbranched alkanes of at least 4 members (excludes halogenated alkanes) is 3. The fraction of sp³-hybridized carbons (Fsp3) is 0.600. The first-order chi connectivity index (χ1) is 8.24. The summed E-state index contributed by atoms with van der Waals surface area (Å²) in [7, 11) is 2.10. The predicted molar refractivity (Wildman–Crippen MR) is 76.9 cm³/mol. The van der Waals surface area contributed by atoms with Gasteiger partial charge in [0.2, 0.25) is 0 Å². The van der Waals surface area contributed by atoms with Crippen molar-refractivity contribution < 1.29 is 5.11 Å². The molecule has 1 rings (SSSR count). The van der Waals surface area contributed by atoms with E-state index in [1.165, 1.54) is 31.4 Å². The Morgan fingerprint density at radius 3 is 2.12 bits per heavy atom. The van der Waals surface area contributed by atoms with Crippen molar-refractivity contribution in [2.75, 3.05) is 18.5 Å². The molecule has 1 aromatic carbocycles. The first-order valence-corrected chi connectivity index (χ1v) is 6.74. The van der Waals surface area contributed by atoms with Gasteiger partial charge in [-0.2, -0.15) is 0 Å². The van der Waals surface area contributed by atoms with Gasteiger partial charge in [0.15, 0.2) is 0 Å². The minimum absolute atomic E-state index is 0.332. The second-order valence-corrected chi connectivity index (χ2v) is 4.00. The maximum Gasteiger partial charge on any atom is 0.115 e. The summed E-state index contributed by atoms with van der Waals surface area (Å²) in [5.41, 5.74) is 1.17. The molecule has 0 radical (unpaired) electrons. The largest absolute Gasteiger partial charge is 0.508 e. The lowest BCUT2D eigenvalue weighted by molar-refractivity contribution is 0.475. The lowest BCUT2D eigenvalue weighted by atomic mass is 10.2. The Balaban J connectivity index is 0.00000121. The van der Waals surface area contributed by atoms with Gasteiger partial charge < -0.3 is 10.0 Å². The third kappa shape index (κ3) is 6.88. The van der Waals surface area contributed by atoms with Gasteiger partial charge in [-0.3, -0.25) is 0 Å². The van der Waals surface area contributed by atoms with Crippen LogP contribution in [0.25, 0.3) is 0 Å². The average molecular weight is 237 g/mol. The average Bonchev–Trinajstić information content (AvgIpc) is 2.38. The van der Waals surface area contributed by atoms with Gasteiger partial charge in [-0.05, 0) is 30.7 Å². The van der Waals surface area contributed by atoms with Gasteiger partial charge in [-0.15, -0.1) is 0 Å². The van der Waals surface area contributed by atoms with Crippen LogP contribution in [0.3, 0.4) is 0 Å². The zero-order valence-electron chi connectivity index (χ0n) is 11.7. The van der Waals surface area contributed by atoms with Gasteiger partial charge in [0.05, 0.1) is 0 Å². The highest BCUT2D eigenvalue weighted by atomic mass is 16.3. The zero-order chi connectivity index (χ0) is 13.1. The molecule has 17 heavy (non-hydrogen) atoms. The molecule has 0 aliphatic heterocycles. The Morgan fingerprint density at radius 2 is 1.59 bits per heavy atom. The second-order valence-electron chi connectivity index (χ2n) is 4.00.